The molecule has 0 saturated heterocycles. The monoisotopic (exact) mass is 354 g/mol. The molecule has 136 valence electrons. The molecule has 0 radical (unpaired) electrons. The topological polar surface area (TPSA) is 31.6 Å². The maximum absolute atomic E-state index is 3.62. The SMILES string of the molecule is Cc1ccc(-c2ccc(C(C)(C)c3ccc(-c4ccc(C)cc4)[nH]3)[nH]2)cc1. The molecule has 2 aromatic heterocycles. The number of aryl methyl sites for hydroxylation is 2. The molecule has 0 saturated carbocycles. The maximum Gasteiger partial charge on any atom is 0.0456 e. The van der Waals surface area contributed by atoms with Gasteiger partial charge in [0.05, 0.1) is 0 Å². The number of aromatic amines is 2. The van der Waals surface area contributed by atoms with E-state index in [0.29, 0.717) is 0 Å². The molecule has 4 rings (SSSR count). The molecule has 4 aromatic rings. The first-order valence-electron chi connectivity index (χ1n) is 9.46. The van der Waals surface area contributed by atoms with E-state index in [1.54, 1.807) is 0 Å². The van der Waals surface area contributed by atoms with Crippen LogP contribution in [-0.4, -0.2) is 9.97 Å². The van der Waals surface area contributed by atoms with Crippen molar-refractivity contribution in [1.82, 2.24) is 9.97 Å². The Labute approximate surface area is 161 Å². The Morgan fingerprint density at radius 2 is 0.889 bits per heavy atom. The fourth-order valence-electron chi connectivity index (χ4n) is 3.47. The second kappa shape index (κ2) is 6.62. The fourth-order valence-corrected chi connectivity index (χ4v) is 3.47. The van der Waals surface area contributed by atoms with Crippen LogP contribution in [0.5, 0.6) is 0 Å². The van der Waals surface area contributed by atoms with Crippen LogP contribution in [0, 0.1) is 13.8 Å². The van der Waals surface area contributed by atoms with Crippen LogP contribution >= 0.6 is 0 Å². The normalized spacial score (nSPS) is 11.7. The minimum Gasteiger partial charge on any atom is -0.358 e. The Hall–Kier alpha value is -3.00. The standard InChI is InChI=1S/C25H26N2/c1-17-5-9-19(10-6-17)21-13-15-23(26-21)25(3,4)24-16-14-22(27-24)20-11-7-18(2)8-12-20/h5-16,26-27H,1-4H3. The van der Waals surface area contributed by atoms with Crippen molar-refractivity contribution in [1.29, 1.82) is 0 Å². The first-order valence-corrected chi connectivity index (χ1v) is 9.46. The number of hydrogen-bond acceptors (Lipinski definition) is 0. The van der Waals surface area contributed by atoms with Crippen LogP contribution in [0.4, 0.5) is 0 Å². The Bertz CT molecular complexity index is 959. The van der Waals surface area contributed by atoms with E-state index in [0.717, 1.165) is 11.4 Å². The van der Waals surface area contributed by atoms with Crippen molar-refractivity contribution in [2.24, 2.45) is 0 Å². The van der Waals surface area contributed by atoms with E-state index in [1.807, 2.05) is 0 Å². The van der Waals surface area contributed by atoms with Gasteiger partial charge in [0.25, 0.3) is 0 Å². The Kier molecular flexibility index (Phi) is 4.27. The predicted molar refractivity (Wildman–Crippen MR) is 114 cm³/mol. The molecule has 27 heavy (non-hydrogen) atoms. The molecule has 0 bridgehead atoms. The van der Waals surface area contributed by atoms with Crippen molar-refractivity contribution in [3.05, 3.63) is 95.3 Å². The second-order valence-electron chi connectivity index (χ2n) is 7.93. The van der Waals surface area contributed by atoms with Gasteiger partial charge in [0.15, 0.2) is 0 Å². The molecule has 2 N–H and O–H groups in total. The van der Waals surface area contributed by atoms with Crippen LogP contribution in [-0.2, 0) is 5.41 Å². The van der Waals surface area contributed by atoms with Gasteiger partial charge in [-0.3, -0.25) is 0 Å². The van der Waals surface area contributed by atoms with Gasteiger partial charge in [-0.2, -0.15) is 0 Å². The molecule has 0 unspecified atom stereocenters. The predicted octanol–water partition coefficient (Wildman–Crippen LogP) is 6.62. The van der Waals surface area contributed by atoms with Gasteiger partial charge < -0.3 is 9.97 Å². The molecule has 2 heteroatoms. The van der Waals surface area contributed by atoms with Crippen LogP contribution in [0.3, 0.4) is 0 Å². The largest absolute Gasteiger partial charge is 0.358 e. The van der Waals surface area contributed by atoms with Crippen molar-refractivity contribution >= 4 is 0 Å². The van der Waals surface area contributed by atoms with E-state index in [-0.39, 0.29) is 5.41 Å². The molecular weight excluding hydrogens is 328 g/mol. The van der Waals surface area contributed by atoms with Gasteiger partial charge in [0.1, 0.15) is 0 Å². The number of aromatic nitrogens is 2. The molecular formula is C25H26N2. The van der Waals surface area contributed by atoms with E-state index < -0.39 is 0 Å². The first-order chi connectivity index (χ1) is 12.9. The van der Waals surface area contributed by atoms with E-state index >= 15 is 0 Å². The lowest BCUT2D eigenvalue weighted by molar-refractivity contribution is 0.604. The van der Waals surface area contributed by atoms with Gasteiger partial charge in [-0.1, -0.05) is 59.7 Å². The van der Waals surface area contributed by atoms with Crippen molar-refractivity contribution in [2.75, 3.05) is 0 Å². The number of benzene rings is 2. The van der Waals surface area contributed by atoms with Crippen molar-refractivity contribution in [3.8, 4) is 22.5 Å². The zero-order valence-electron chi connectivity index (χ0n) is 16.4. The van der Waals surface area contributed by atoms with E-state index in [1.165, 1.54) is 33.6 Å². The van der Waals surface area contributed by atoms with E-state index in [9.17, 15) is 0 Å². The third-order valence-corrected chi connectivity index (χ3v) is 5.44. The summed E-state index contributed by atoms with van der Waals surface area (Å²) in [6.07, 6.45) is 0. The van der Waals surface area contributed by atoms with Crippen LogP contribution in [0.2, 0.25) is 0 Å². The number of rotatable bonds is 4. The highest BCUT2D eigenvalue weighted by atomic mass is 14.8. The maximum atomic E-state index is 3.62. The molecule has 0 fully saturated rings. The minimum atomic E-state index is -0.133. The summed E-state index contributed by atoms with van der Waals surface area (Å²) in [7, 11) is 0. The third-order valence-electron chi connectivity index (χ3n) is 5.44. The second-order valence-corrected chi connectivity index (χ2v) is 7.93. The molecule has 0 aliphatic rings. The van der Waals surface area contributed by atoms with Gasteiger partial charge in [-0.15, -0.1) is 0 Å². The Morgan fingerprint density at radius 1 is 0.519 bits per heavy atom. The van der Waals surface area contributed by atoms with Gasteiger partial charge in [0.2, 0.25) is 0 Å². The van der Waals surface area contributed by atoms with Crippen molar-refractivity contribution in [2.45, 2.75) is 33.1 Å². The van der Waals surface area contributed by atoms with Crippen molar-refractivity contribution in [3.63, 3.8) is 0 Å². The first kappa shape index (κ1) is 17.4. The zero-order valence-corrected chi connectivity index (χ0v) is 16.4. The molecule has 0 atom stereocenters. The molecule has 0 aliphatic heterocycles. The van der Waals surface area contributed by atoms with Gasteiger partial charge in [-0.05, 0) is 63.1 Å². The Morgan fingerprint density at radius 3 is 1.26 bits per heavy atom. The average Bonchev–Trinajstić information content (AvgIpc) is 3.34. The highest BCUT2D eigenvalue weighted by molar-refractivity contribution is 5.62. The highest BCUT2D eigenvalue weighted by Crippen LogP contribution is 2.33. The number of hydrogen-bond donors (Lipinski definition) is 2. The summed E-state index contributed by atoms with van der Waals surface area (Å²) in [5.74, 6) is 0. The van der Waals surface area contributed by atoms with Crippen molar-refractivity contribution < 1.29 is 0 Å². The Balaban J connectivity index is 1.64. The summed E-state index contributed by atoms with van der Waals surface area (Å²) < 4.78 is 0. The molecule has 2 aromatic carbocycles. The van der Waals surface area contributed by atoms with E-state index in [2.05, 4.69) is 110 Å². The molecule has 2 nitrogen and oxygen atoms in total. The van der Waals surface area contributed by atoms with Crippen LogP contribution in [0.15, 0.2) is 72.8 Å². The van der Waals surface area contributed by atoms with Crippen LogP contribution in [0.1, 0.15) is 36.4 Å². The van der Waals surface area contributed by atoms with E-state index in [4.69, 9.17) is 0 Å². The quantitative estimate of drug-likeness (QED) is 0.413. The summed E-state index contributed by atoms with van der Waals surface area (Å²) in [4.78, 5) is 7.25. The lowest BCUT2D eigenvalue weighted by Gasteiger charge is -2.22. The highest BCUT2D eigenvalue weighted by Gasteiger charge is 2.26. The third kappa shape index (κ3) is 3.35. The smallest absolute Gasteiger partial charge is 0.0456 e. The number of nitrogens with one attached hydrogen (secondary N) is 2. The molecule has 0 spiro atoms. The van der Waals surface area contributed by atoms with Gasteiger partial charge >= 0.3 is 0 Å². The van der Waals surface area contributed by atoms with Gasteiger partial charge in [0, 0.05) is 28.2 Å². The summed E-state index contributed by atoms with van der Waals surface area (Å²) in [6.45, 7) is 8.73. The number of H-pyrrole nitrogens is 2. The van der Waals surface area contributed by atoms with Gasteiger partial charge in [-0.25, -0.2) is 0 Å². The minimum absolute atomic E-state index is 0.133. The summed E-state index contributed by atoms with van der Waals surface area (Å²) in [5, 5.41) is 0. The van der Waals surface area contributed by atoms with Crippen LogP contribution in [0.25, 0.3) is 22.5 Å². The summed E-state index contributed by atoms with van der Waals surface area (Å²) in [6, 6.07) is 26.0. The molecule has 0 amide bonds. The zero-order chi connectivity index (χ0) is 19.0. The summed E-state index contributed by atoms with van der Waals surface area (Å²) >= 11 is 0. The summed E-state index contributed by atoms with van der Waals surface area (Å²) in [5.41, 5.74) is 9.58. The molecule has 0 aliphatic carbocycles. The molecule has 2 heterocycles. The fraction of sp³-hybridized carbons (Fsp3) is 0.200. The lowest BCUT2D eigenvalue weighted by Crippen LogP contribution is -2.20. The van der Waals surface area contributed by atoms with Crippen LogP contribution < -0.4 is 0 Å². The average molecular weight is 354 g/mol. The lowest BCUT2D eigenvalue weighted by atomic mass is 9.86.